The maximum absolute atomic E-state index is 13.0. The largest absolute Gasteiger partial charge is 0.348 e. The van der Waals surface area contributed by atoms with E-state index in [2.05, 4.69) is 9.97 Å². The summed E-state index contributed by atoms with van der Waals surface area (Å²) in [6.07, 6.45) is 7.81. The molecule has 6 heteroatoms. The first kappa shape index (κ1) is 18.7. The van der Waals surface area contributed by atoms with E-state index in [4.69, 9.17) is 0 Å². The summed E-state index contributed by atoms with van der Waals surface area (Å²) in [5.74, 6) is 0.343. The number of amides is 2. The monoisotopic (exact) mass is 380 g/mol. The quantitative estimate of drug-likeness (QED) is 0.887. The topological polar surface area (TPSA) is 69.3 Å². The van der Waals surface area contributed by atoms with Gasteiger partial charge in [-0.05, 0) is 38.3 Å². The molecular weight excluding hydrogens is 352 g/mol. The number of nitrogens with zero attached hydrogens (tertiary/aromatic N) is 3. The second-order valence-corrected chi connectivity index (χ2v) is 8.34. The molecule has 1 aromatic carbocycles. The Morgan fingerprint density at radius 2 is 2.18 bits per heavy atom. The van der Waals surface area contributed by atoms with E-state index in [1.807, 2.05) is 47.2 Å². The van der Waals surface area contributed by atoms with E-state index in [-0.39, 0.29) is 17.2 Å². The van der Waals surface area contributed by atoms with E-state index in [1.54, 1.807) is 6.33 Å². The molecule has 0 aliphatic carbocycles. The van der Waals surface area contributed by atoms with E-state index >= 15 is 0 Å². The molecule has 4 rings (SSSR count). The SMILES string of the molecule is Cc1cccc(C(=O)N2CCC[C@]3(CCC(=O)N(CCc4cnc[nH]4)C3)C2)c1. The first-order chi connectivity index (χ1) is 13.5. The molecule has 1 N–H and O–H groups in total. The van der Waals surface area contributed by atoms with Crippen molar-refractivity contribution in [3.8, 4) is 0 Å². The molecule has 0 unspecified atom stereocenters. The zero-order valence-electron chi connectivity index (χ0n) is 16.5. The number of H-pyrrole nitrogens is 1. The Morgan fingerprint density at radius 3 is 2.96 bits per heavy atom. The predicted molar refractivity (Wildman–Crippen MR) is 107 cm³/mol. The summed E-state index contributed by atoms with van der Waals surface area (Å²) in [5, 5.41) is 0. The van der Waals surface area contributed by atoms with Crippen molar-refractivity contribution in [1.29, 1.82) is 0 Å². The Hall–Kier alpha value is -2.63. The average molecular weight is 380 g/mol. The van der Waals surface area contributed by atoms with Gasteiger partial charge >= 0.3 is 0 Å². The van der Waals surface area contributed by atoms with Gasteiger partial charge in [-0.15, -0.1) is 0 Å². The third kappa shape index (κ3) is 3.96. The number of hydrogen-bond donors (Lipinski definition) is 1. The zero-order valence-corrected chi connectivity index (χ0v) is 16.5. The first-order valence-corrected chi connectivity index (χ1v) is 10.2. The van der Waals surface area contributed by atoms with Gasteiger partial charge < -0.3 is 14.8 Å². The molecule has 6 nitrogen and oxygen atoms in total. The number of aromatic nitrogens is 2. The highest BCUT2D eigenvalue weighted by Crippen LogP contribution is 2.39. The van der Waals surface area contributed by atoms with Crippen LogP contribution in [0.2, 0.25) is 0 Å². The number of benzene rings is 1. The Labute approximate surface area is 165 Å². The van der Waals surface area contributed by atoms with Crippen molar-refractivity contribution >= 4 is 11.8 Å². The normalized spacial score (nSPS) is 22.7. The maximum atomic E-state index is 13.0. The van der Waals surface area contributed by atoms with Crippen molar-refractivity contribution in [1.82, 2.24) is 19.8 Å². The second kappa shape index (κ2) is 7.78. The number of carbonyl (C=O) groups is 2. The van der Waals surface area contributed by atoms with Gasteiger partial charge in [0.1, 0.15) is 0 Å². The summed E-state index contributed by atoms with van der Waals surface area (Å²) >= 11 is 0. The fourth-order valence-electron chi connectivity index (χ4n) is 4.66. The van der Waals surface area contributed by atoms with Crippen LogP contribution < -0.4 is 0 Å². The molecule has 0 bridgehead atoms. The van der Waals surface area contributed by atoms with Gasteiger partial charge in [0, 0.05) is 61.9 Å². The molecule has 3 heterocycles. The molecule has 2 amide bonds. The van der Waals surface area contributed by atoms with Crippen molar-refractivity contribution in [3.63, 3.8) is 0 Å². The third-order valence-electron chi connectivity index (χ3n) is 6.17. The molecular formula is C22H28N4O2. The molecule has 0 saturated carbocycles. The Morgan fingerprint density at radius 1 is 1.29 bits per heavy atom. The highest BCUT2D eigenvalue weighted by molar-refractivity contribution is 5.94. The number of likely N-dealkylation sites (tertiary alicyclic amines) is 2. The molecule has 28 heavy (non-hydrogen) atoms. The van der Waals surface area contributed by atoms with Crippen LogP contribution in [0, 0.1) is 12.3 Å². The van der Waals surface area contributed by atoms with Crippen LogP contribution in [-0.4, -0.2) is 57.8 Å². The smallest absolute Gasteiger partial charge is 0.253 e. The molecule has 1 atom stereocenters. The lowest BCUT2D eigenvalue weighted by Gasteiger charge is -2.48. The Kier molecular flexibility index (Phi) is 5.20. The van der Waals surface area contributed by atoms with Crippen LogP contribution >= 0.6 is 0 Å². The molecule has 2 aliphatic heterocycles. The van der Waals surface area contributed by atoms with Crippen molar-refractivity contribution in [2.75, 3.05) is 26.2 Å². The van der Waals surface area contributed by atoms with Gasteiger partial charge in [0.25, 0.3) is 5.91 Å². The fraction of sp³-hybridized carbons (Fsp3) is 0.500. The Bertz CT molecular complexity index is 848. The van der Waals surface area contributed by atoms with Crippen LogP contribution in [0.25, 0.3) is 0 Å². The van der Waals surface area contributed by atoms with Crippen molar-refractivity contribution in [2.24, 2.45) is 5.41 Å². The molecule has 2 aromatic rings. The number of piperidine rings is 2. The lowest BCUT2D eigenvalue weighted by Crippen LogP contribution is -2.55. The molecule has 1 spiro atoms. The number of imidazole rings is 1. The summed E-state index contributed by atoms with van der Waals surface area (Å²) < 4.78 is 0. The Balaban J connectivity index is 1.44. The minimum absolute atomic E-state index is 0.0274. The average Bonchev–Trinajstić information content (AvgIpc) is 3.22. The summed E-state index contributed by atoms with van der Waals surface area (Å²) in [6.45, 7) is 5.01. The summed E-state index contributed by atoms with van der Waals surface area (Å²) in [4.78, 5) is 36.7. The maximum Gasteiger partial charge on any atom is 0.253 e. The van der Waals surface area contributed by atoms with Crippen LogP contribution in [0.3, 0.4) is 0 Å². The number of aromatic amines is 1. The van der Waals surface area contributed by atoms with E-state index in [0.717, 1.165) is 62.1 Å². The number of rotatable bonds is 4. The molecule has 2 aliphatic rings. The third-order valence-corrected chi connectivity index (χ3v) is 6.17. The van der Waals surface area contributed by atoms with Crippen molar-refractivity contribution in [2.45, 2.75) is 39.0 Å². The predicted octanol–water partition coefficient (Wildman–Crippen LogP) is 2.81. The first-order valence-electron chi connectivity index (χ1n) is 10.2. The van der Waals surface area contributed by atoms with Gasteiger partial charge in [0.05, 0.1) is 6.33 Å². The second-order valence-electron chi connectivity index (χ2n) is 8.34. The van der Waals surface area contributed by atoms with Gasteiger partial charge in [-0.1, -0.05) is 17.7 Å². The molecule has 0 radical (unpaired) electrons. The van der Waals surface area contributed by atoms with Gasteiger partial charge in [0.2, 0.25) is 5.91 Å². The van der Waals surface area contributed by atoms with E-state index in [1.165, 1.54) is 0 Å². The molecule has 148 valence electrons. The van der Waals surface area contributed by atoms with Crippen LogP contribution in [0.4, 0.5) is 0 Å². The summed E-state index contributed by atoms with van der Waals surface area (Å²) in [7, 11) is 0. The molecule has 2 fully saturated rings. The zero-order chi connectivity index (χ0) is 19.6. The van der Waals surface area contributed by atoms with Gasteiger partial charge in [-0.3, -0.25) is 9.59 Å². The highest BCUT2D eigenvalue weighted by atomic mass is 16.2. The summed E-state index contributed by atoms with van der Waals surface area (Å²) in [5.41, 5.74) is 2.94. The van der Waals surface area contributed by atoms with Crippen molar-refractivity contribution < 1.29 is 9.59 Å². The standard InChI is InChI=1S/C22H28N4O2/c1-17-4-2-5-18(12-17)21(28)26-10-3-8-22(15-26)9-6-20(27)25(14-22)11-7-19-13-23-16-24-19/h2,4-5,12-13,16H,3,6-11,14-15H2,1H3,(H,23,24)/t22-/m1/s1. The van der Waals surface area contributed by atoms with Gasteiger partial charge in [-0.25, -0.2) is 4.98 Å². The lowest BCUT2D eigenvalue weighted by atomic mass is 9.73. The van der Waals surface area contributed by atoms with Gasteiger partial charge in [-0.2, -0.15) is 0 Å². The van der Waals surface area contributed by atoms with Crippen molar-refractivity contribution in [3.05, 3.63) is 53.6 Å². The van der Waals surface area contributed by atoms with Crippen LogP contribution in [0.15, 0.2) is 36.8 Å². The number of nitrogens with one attached hydrogen (secondary N) is 1. The van der Waals surface area contributed by atoms with Crippen LogP contribution in [0.1, 0.15) is 47.3 Å². The van der Waals surface area contributed by atoms with Crippen LogP contribution in [-0.2, 0) is 11.2 Å². The number of aryl methyl sites for hydroxylation is 1. The van der Waals surface area contributed by atoms with E-state index < -0.39 is 0 Å². The van der Waals surface area contributed by atoms with E-state index in [9.17, 15) is 9.59 Å². The number of hydrogen-bond acceptors (Lipinski definition) is 3. The highest BCUT2D eigenvalue weighted by Gasteiger charge is 2.42. The van der Waals surface area contributed by atoms with Crippen LogP contribution in [0.5, 0.6) is 0 Å². The minimum Gasteiger partial charge on any atom is -0.348 e. The molecule has 1 aromatic heterocycles. The number of carbonyl (C=O) groups excluding carboxylic acids is 2. The minimum atomic E-state index is 0.0274. The fourth-order valence-corrected chi connectivity index (χ4v) is 4.66. The van der Waals surface area contributed by atoms with E-state index in [0.29, 0.717) is 13.0 Å². The molecule has 2 saturated heterocycles. The lowest BCUT2D eigenvalue weighted by molar-refractivity contribution is -0.138. The summed E-state index contributed by atoms with van der Waals surface area (Å²) in [6, 6.07) is 7.82. The van der Waals surface area contributed by atoms with Gasteiger partial charge in [0.15, 0.2) is 0 Å².